The van der Waals surface area contributed by atoms with E-state index in [1.165, 1.54) is 0 Å². The molecule has 0 bridgehead atoms. The van der Waals surface area contributed by atoms with Crippen molar-refractivity contribution >= 4 is 11.6 Å². The van der Waals surface area contributed by atoms with Crippen LogP contribution in [0.25, 0.3) is 0 Å². The average molecular weight is 420 g/mol. The summed E-state index contributed by atoms with van der Waals surface area (Å²) in [6.45, 7) is 5.68. The third-order valence-corrected chi connectivity index (χ3v) is 6.26. The third kappa shape index (κ3) is 3.46. The molecule has 0 unspecified atom stereocenters. The van der Waals surface area contributed by atoms with Crippen molar-refractivity contribution in [3.8, 4) is 0 Å². The lowest BCUT2D eigenvalue weighted by Gasteiger charge is -2.41. The molecule has 0 atom stereocenters. The quantitative estimate of drug-likeness (QED) is 0.766. The van der Waals surface area contributed by atoms with Crippen molar-refractivity contribution in [2.75, 3.05) is 18.0 Å². The van der Waals surface area contributed by atoms with Gasteiger partial charge >= 0.3 is 6.18 Å². The molecule has 4 rings (SSSR count). The summed E-state index contributed by atoms with van der Waals surface area (Å²) in [6.07, 6.45) is -2.97. The van der Waals surface area contributed by atoms with Crippen LogP contribution < -0.4 is 10.5 Å². The maximum Gasteiger partial charge on any atom is 0.433 e. The van der Waals surface area contributed by atoms with Crippen molar-refractivity contribution in [3.05, 3.63) is 56.8 Å². The molecular formula is C21H23F3N4O2. The Morgan fingerprint density at radius 3 is 2.57 bits per heavy atom. The number of rotatable bonds is 3. The minimum atomic E-state index is -4.47. The van der Waals surface area contributed by atoms with Gasteiger partial charge in [0, 0.05) is 62.2 Å². The van der Waals surface area contributed by atoms with Crippen LogP contribution in [0.1, 0.15) is 34.5 Å². The van der Waals surface area contributed by atoms with Crippen LogP contribution in [0.5, 0.6) is 0 Å². The summed E-state index contributed by atoms with van der Waals surface area (Å²) in [5.41, 5.74) is 3.08. The molecule has 160 valence electrons. The summed E-state index contributed by atoms with van der Waals surface area (Å²) in [6, 6.07) is 2.59. The SMILES string of the molecule is Cc1c2c(n(C)c(=O)c1C)CN(C(=O)CC1CN(c3ccnc(C(F)(F)F)c3)C1)C2. The molecule has 0 aliphatic carbocycles. The molecule has 0 radical (unpaired) electrons. The Bertz CT molecular complexity index is 1070. The molecule has 1 fully saturated rings. The summed E-state index contributed by atoms with van der Waals surface area (Å²) >= 11 is 0. The molecular weight excluding hydrogens is 397 g/mol. The number of fused-ring (bicyclic) bond motifs is 1. The zero-order valence-corrected chi connectivity index (χ0v) is 17.1. The number of amides is 1. The Morgan fingerprint density at radius 1 is 1.20 bits per heavy atom. The van der Waals surface area contributed by atoms with Gasteiger partial charge in [0.05, 0.1) is 6.54 Å². The van der Waals surface area contributed by atoms with E-state index in [1.54, 1.807) is 29.5 Å². The Balaban J connectivity index is 1.38. The van der Waals surface area contributed by atoms with Gasteiger partial charge in [-0.1, -0.05) is 0 Å². The van der Waals surface area contributed by atoms with Gasteiger partial charge in [0.2, 0.25) is 5.91 Å². The standard InChI is InChI=1S/C21H23F3N4O2/c1-12-13(2)20(30)26(3)17-11-28(10-16(12)17)19(29)6-14-8-27(9-14)15-4-5-25-18(7-15)21(22,23)24/h4-5,7,14H,6,8-11H2,1-3H3. The van der Waals surface area contributed by atoms with Gasteiger partial charge in [0.1, 0.15) is 5.69 Å². The molecule has 4 heterocycles. The smallest absolute Gasteiger partial charge is 0.371 e. The lowest BCUT2D eigenvalue weighted by Crippen LogP contribution is -2.48. The Labute approximate surface area is 171 Å². The number of hydrogen-bond donors (Lipinski definition) is 0. The van der Waals surface area contributed by atoms with E-state index in [4.69, 9.17) is 0 Å². The molecule has 2 aromatic heterocycles. The average Bonchev–Trinajstić information content (AvgIpc) is 3.12. The first kappa shape index (κ1) is 20.4. The summed E-state index contributed by atoms with van der Waals surface area (Å²) in [5, 5.41) is 0. The Morgan fingerprint density at radius 2 is 1.90 bits per heavy atom. The second-order valence-electron chi connectivity index (χ2n) is 8.16. The lowest BCUT2D eigenvalue weighted by molar-refractivity contribution is -0.141. The first-order chi connectivity index (χ1) is 14.1. The minimum absolute atomic E-state index is 0.00561. The maximum absolute atomic E-state index is 12.8. The van der Waals surface area contributed by atoms with Crippen LogP contribution in [0.2, 0.25) is 0 Å². The monoisotopic (exact) mass is 420 g/mol. The van der Waals surface area contributed by atoms with Crippen molar-refractivity contribution in [2.24, 2.45) is 13.0 Å². The largest absolute Gasteiger partial charge is 0.433 e. The Hall–Kier alpha value is -2.84. The normalized spacial score (nSPS) is 16.6. The molecule has 0 spiro atoms. The number of nitrogens with zero attached hydrogens (tertiary/aromatic N) is 4. The van der Waals surface area contributed by atoms with Crippen LogP contribution in [0.3, 0.4) is 0 Å². The van der Waals surface area contributed by atoms with E-state index in [0.717, 1.165) is 29.1 Å². The molecule has 1 saturated heterocycles. The first-order valence-electron chi connectivity index (χ1n) is 9.80. The highest BCUT2D eigenvalue weighted by atomic mass is 19.4. The van der Waals surface area contributed by atoms with Crippen LogP contribution in [-0.4, -0.2) is 33.4 Å². The predicted octanol–water partition coefficient (Wildman–Crippen LogP) is 2.78. The van der Waals surface area contributed by atoms with Crippen LogP contribution in [0.15, 0.2) is 23.1 Å². The van der Waals surface area contributed by atoms with Gasteiger partial charge in [-0.15, -0.1) is 0 Å². The van der Waals surface area contributed by atoms with Crippen LogP contribution in [-0.2, 0) is 31.1 Å². The van der Waals surface area contributed by atoms with Crippen molar-refractivity contribution in [2.45, 2.75) is 39.5 Å². The van der Waals surface area contributed by atoms with Crippen molar-refractivity contribution in [3.63, 3.8) is 0 Å². The summed E-state index contributed by atoms with van der Waals surface area (Å²) in [5.74, 6) is 0.0985. The number of pyridine rings is 2. The number of carbonyl (C=O) groups is 1. The highest BCUT2D eigenvalue weighted by Crippen LogP contribution is 2.33. The summed E-state index contributed by atoms with van der Waals surface area (Å²) < 4.78 is 40.1. The zero-order chi connectivity index (χ0) is 21.8. The third-order valence-electron chi connectivity index (χ3n) is 6.26. The van der Waals surface area contributed by atoms with Crippen LogP contribution in [0, 0.1) is 19.8 Å². The topological polar surface area (TPSA) is 58.4 Å². The molecule has 6 nitrogen and oxygen atoms in total. The fraction of sp³-hybridized carbons (Fsp3) is 0.476. The fourth-order valence-corrected chi connectivity index (χ4v) is 4.25. The number of halogens is 3. The zero-order valence-electron chi connectivity index (χ0n) is 17.1. The van der Waals surface area contributed by atoms with E-state index in [9.17, 15) is 22.8 Å². The molecule has 2 aliphatic rings. The molecule has 0 N–H and O–H groups in total. The van der Waals surface area contributed by atoms with Crippen molar-refractivity contribution in [1.29, 1.82) is 0 Å². The number of aromatic nitrogens is 2. The van der Waals surface area contributed by atoms with Gasteiger partial charge in [0.25, 0.3) is 5.56 Å². The van der Waals surface area contributed by atoms with Crippen LogP contribution in [0.4, 0.5) is 18.9 Å². The van der Waals surface area contributed by atoms with Crippen molar-refractivity contribution < 1.29 is 18.0 Å². The van der Waals surface area contributed by atoms with Gasteiger partial charge in [-0.3, -0.25) is 14.6 Å². The van der Waals surface area contributed by atoms with Crippen LogP contribution >= 0.6 is 0 Å². The van der Waals surface area contributed by atoms with E-state index in [1.807, 2.05) is 11.8 Å². The number of alkyl halides is 3. The van der Waals surface area contributed by atoms with E-state index >= 15 is 0 Å². The van der Waals surface area contributed by atoms with E-state index in [2.05, 4.69) is 4.98 Å². The first-order valence-corrected chi connectivity index (χ1v) is 9.80. The predicted molar refractivity (Wildman–Crippen MR) is 105 cm³/mol. The maximum atomic E-state index is 12.8. The minimum Gasteiger partial charge on any atom is -0.371 e. The Kier molecular flexibility index (Phi) is 4.86. The summed E-state index contributed by atoms with van der Waals surface area (Å²) in [4.78, 5) is 32.1. The van der Waals surface area contributed by atoms with E-state index in [0.29, 0.717) is 43.9 Å². The molecule has 0 saturated carbocycles. The summed E-state index contributed by atoms with van der Waals surface area (Å²) in [7, 11) is 1.73. The molecule has 9 heteroatoms. The van der Waals surface area contributed by atoms with E-state index < -0.39 is 11.9 Å². The molecule has 2 aromatic rings. The van der Waals surface area contributed by atoms with E-state index in [-0.39, 0.29) is 17.4 Å². The van der Waals surface area contributed by atoms with Gasteiger partial charge in [-0.25, -0.2) is 0 Å². The van der Waals surface area contributed by atoms with Gasteiger partial charge < -0.3 is 14.4 Å². The second-order valence-corrected chi connectivity index (χ2v) is 8.16. The number of hydrogen-bond acceptors (Lipinski definition) is 4. The van der Waals surface area contributed by atoms with Gasteiger partial charge in [-0.05, 0) is 37.1 Å². The fourth-order valence-electron chi connectivity index (χ4n) is 4.25. The molecule has 30 heavy (non-hydrogen) atoms. The highest BCUT2D eigenvalue weighted by Gasteiger charge is 2.36. The van der Waals surface area contributed by atoms with Gasteiger partial charge in [-0.2, -0.15) is 13.2 Å². The lowest BCUT2D eigenvalue weighted by atomic mass is 9.95. The van der Waals surface area contributed by atoms with Crippen molar-refractivity contribution in [1.82, 2.24) is 14.5 Å². The number of anilines is 1. The molecule has 2 aliphatic heterocycles. The van der Waals surface area contributed by atoms with Gasteiger partial charge in [0.15, 0.2) is 0 Å². The molecule has 1 amide bonds. The second kappa shape index (κ2) is 7.14. The highest BCUT2D eigenvalue weighted by molar-refractivity contribution is 5.77. The molecule has 0 aromatic carbocycles. The number of carbonyl (C=O) groups excluding carboxylic acids is 1.